The molecule has 0 radical (unpaired) electrons. The van der Waals surface area contributed by atoms with Crippen LogP contribution in [0.4, 0.5) is 0 Å². The van der Waals surface area contributed by atoms with Crippen LogP contribution in [0.2, 0.25) is 0 Å². The van der Waals surface area contributed by atoms with Gasteiger partial charge in [0.15, 0.2) is 11.5 Å². The molecule has 1 rings (SSSR count). The van der Waals surface area contributed by atoms with Crippen LogP contribution in [0, 0.1) is 6.92 Å². The lowest BCUT2D eigenvalue weighted by Gasteiger charge is -2.12. The highest BCUT2D eigenvalue weighted by molar-refractivity contribution is 5.61. The van der Waals surface area contributed by atoms with Crippen molar-refractivity contribution in [3.63, 3.8) is 0 Å². The second-order valence-electron chi connectivity index (χ2n) is 2.63. The molecule has 0 spiro atoms. The van der Waals surface area contributed by atoms with Gasteiger partial charge in [0.05, 0.1) is 14.2 Å². The zero-order valence-corrected chi connectivity index (χ0v) is 7.79. The molecular weight excluding hydrogens is 172 g/mol. The van der Waals surface area contributed by atoms with E-state index in [1.165, 1.54) is 20.3 Å². The lowest BCUT2D eigenvalue weighted by atomic mass is 10.2. The van der Waals surface area contributed by atoms with E-state index in [1.54, 1.807) is 6.92 Å². The molecule has 0 amide bonds. The highest BCUT2D eigenvalue weighted by atomic mass is 16.5. The molecule has 72 valence electrons. The van der Waals surface area contributed by atoms with Crippen molar-refractivity contribution < 1.29 is 19.7 Å². The number of ether oxygens (including phenoxy) is 2. The summed E-state index contributed by atoms with van der Waals surface area (Å²) < 4.78 is 9.90. The van der Waals surface area contributed by atoms with Crippen molar-refractivity contribution >= 4 is 0 Å². The number of phenols is 2. The van der Waals surface area contributed by atoms with Crippen molar-refractivity contribution in [1.29, 1.82) is 0 Å². The molecule has 4 nitrogen and oxygen atoms in total. The Kier molecular flexibility index (Phi) is 2.51. The molecule has 0 bridgehead atoms. The topological polar surface area (TPSA) is 58.9 Å². The fourth-order valence-corrected chi connectivity index (χ4v) is 1.18. The summed E-state index contributed by atoms with van der Waals surface area (Å²) in [6, 6.07) is 1.41. The quantitative estimate of drug-likeness (QED) is 0.682. The van der Waals surface area contributed by atoms with Crippen molar-refractivity contribution in [3.8, 4) is 23.0 Å². The van der Waals surface area contributed by atoms with Crippen LogP contribution < -0.4 is 9.47 Å². The second-order valence-corrected chi connectivity index (χ2v) is 2.63. The van der Waals surface area contributed by atoms with Crippen molar-refractivity contribution in [1.82, 2.24) is 0 Å². The average molecular weight is 184 g/mol. The lowest BCUT2D eigenvalue weighted by Crippen LogP contribution is -1.93. The maximum Gasteiger partial charge on any atom is 0.207 e. The van der Waals surface area contributed by atoms with Gasteiger partial charge in [-0.1, -0.05) is 0 Å². The molecule has 1 aromatic rings. The molecular formula is C9H12O4. The summed E-state index contributed by atoms with van der Waals surface area (Å²) in [5, 5.41) is 18.6. The molecule has 0 unspecified atom stereocenters. The summed E-state index contributed by atoms with van der Waals surface area (Å²) in [7, 11) is 2.87. The molecule has 2 N–H and O–H groups in total. The second kappa shape index (κ2) is 3.43. The molecule has 1 aromatic carbocycles. The summed E-state index contributed by atoms with van der Waals surface area (Å²) in [5.41, 5.74) is 0.703. The van der Waals surface area contributed by atoms with E-state index in [0.717, 1.165) is 0 Å². The molecule has 0 aromatic heterocycles. The largest absolute Gasteiger partial charge is 0.504 e. The summed E-state index contributed by atoms with van der Waals surface area (Å²) >= 11 is 0. The van der Waals surface area contributed by atoms with Crippen LogP contribution in [-0.2, 0) is 0 Å². The minimum atomic E-state index is -0.301. The Balaban J connectivity index is 3.41. The summed E-state index contributed by atoms with van der Waals surface area (Å²) in [6.07, 6.45) is 0. The SMILES string of the molecule is COc1c(C)cc(O)c(O)c1OC. The highest BCUT2D eigenvalue weighted by Gasteiger charge is 2.16. The number of aromatic hydroxyl groups is 2. The summed E-state index contributed by atoms with van der Waals surface area (Å²) in [6.45, 7) is 1.75. The first-order valence-electron chi connectivity index (χ1n) is 3.75. The molecule has 13 heavy (non-hydrogen) atoms. The third-order valence-electron chi connectivity index (χ3n) is 1.78. The molecule has 0 aliphatic heterocycles. The van der Waals surface area contributed by atoms with Gasteiger partial charge in [0.1, 0.15) is 0 Å². The summed E-state index contributed by atoms with van der Waals surface area (Å²) in [5.74, 6) is 0.0675. The Bertz CT molecular complexity index is 320. The van der Waals surface area contributed by atoms with Crippen molar-refractivity contribution in [2.75, 3.05) is 14.2 Å². The zero-order valence-electron chi connectivity index (χ0n) is 7.79. The van der Waals surface area contributed by atoms with Gasteiger partial charge in [-0.05, 0) is 18.6 Å². The van der Waals surface area contributed by atoms with E-state index in [-0.39, 0.29) is 17.2 Å². The van der Waals surface area contributed by atoms with E-state index in [4.69, 9.17) is 9.47 Å². The normalized spacial score (nSPS) is 9.77. The molecule has 0 saturated carbocycles. The Hall–Kier alpha value is -1.58. The Morgan fingerprint density at radius 3 is 2.08 bits per heavy atom. The van der Waals surface area contributed by atoms with E-state index in [0.29, 0.717) is 11.3 Å². The van der Waals surface area contributed by atoms with Crippen molar-refractivity contribution in [2.24, 2.45) is 0 Å². The first-order chi connectivity index (χ1) is 6.11. The minimum Gasteiger partial charge on any atom is -0.504 e. The van der Waals surface area contributed by atoms with Crippen molar-refractivity contribution in [2.45, 2.75) is 6.92 Å². The molecule has 0 aliphatic carbocycles. The first kappa shape index (κ1) is 9.51. The van der Waals surface area contributed by atoms with Gasteiger partial charge in [-0.3, -0.25) is 0 Å². The predicted octanol–water partition coefficient (Wildman–Crippen LogP) is 1.42. The molecule has 0 saturated heterocycles. The van der Waals surface area contributed by atoms with Gasteiger partial charge in [0.2, 0.25) is 11.5 Å². The van der Waals surface area contributed by atoms with Gasteiger partial charge in [-0.15, -0.1) is 0 Å². The number of aryl methyl sites for hydroxylation is 1. The molecule has 0 aliphatic rings. The van der Waals surface area contributed by atoms with Crippen LogP contribution in [0.1, 0.15) is 5.56 Å². The predicted molar refractivity (Wildman–Crippen MR) is 47.6 cm³/mol. The third-order valence-corrected chi connectivity index (χ3v) is 1.78. The monoisotopic (exact) mass is 184 g/mol. The molecule has 4 heteroatoms. The van der Waals surface area contributed by atoms with Crippen LogP contribution in [0.5, 0.6) is 23.0 Å². The Labute approximate surface area is 76.3 Å². The average Bonchev–Trinajstić information content (AvgIpc) is 2.10. The van der Waals surface area contributed by atoms with Crippen LogP contribution >= 0.6 is 0 Å². The van der Waals surface area contributed by atoms with Gasteiger partial charge in [-0.25, -0.2) is 0 Å². The van der Waals surface area contributed by atoms with Crippen molar-refractivity contribution in [3.05, 3.63) is 11.6 Å². The smallest absolute Gasteiger partial charge is 0.207 e. The maximum absolute atomic E-state index is 9.38. The van der Waals surface area contributed by atoms with Crippen LogP contribution in [-0.4, -0.2) is 24.4 Å². The van der Waals surface area contributed by atoms with E-state index in [9.17, 15) is 10.2 Å². The van der Waals surface area contributed by atoms with E-state index < -0.39 is 0 Å². The molecule has 0 atom stereocenters. The number of methoxy groups -OCH3 is 2. The number of rotatable bonds is 2. The third kappa shape index (κ3) is 1.47. The first-order valence-corrected chi connectivity index (χ1v) is 3.75. The zero-order chi connectivity index (χ0) is 10.0. The Morgan fingerprint density at radius 1 is 1.08 bits per heavy atom. The number of hydrogen-bond acceptors (Lipinski definition) is 4. The van der Waals surface area contributed by atoms with E-state index in [1.807, 2.05) is 0 Å². The van der Waals surface area contributed by atoms with Gasteiger partial charge >= 0.3 is 0 Å². The minimum absolute atomic E-state index is 0.153. The van der Waals surface area contributed by atoms with E-state index >= 15 is 0 Å². The highest BCUT2D eigenvalue weighted by Crippen LogP contribution is 2.44. The number of hydrogen-bond donors (Lipinski definition) is 2. The Morgan fingerprint density at radius 2 is 1.62 bits per heavy atom. The van der Waals surface area contributed by atoms with Crippen LogP contribution in [0.3, 0.4) is 0 Å². The van der Waals surface area contributed by atoms with Gasteiger partial charge < -0.3 is 19.7 Å². The fourth-order valence-electron chi connectivity index (χ4n) is 1.18. The van der Waals surface area contributed by atoms with Gasteiger partial charge in [0, 0.05) is 0 Å². The van der Waals surface area contributed by atoms with Crippen LogP contribution in [0.25, 0.3) is 0 Å². The van der Waals surface area contributed by atoms with Gasteiger partial charge in [0.25, 0.3) is 0 Å². The fraction of sp³-hybridized carbons (Fsp3) is 0.333. The molecule has 0 fully saturated rings. The number of benzene rings is 1. The van der Waals surface area contributed by atoms with Gasteiger partial charge in [-0.2, -0.15) is 0 Å². The van der Waals surface area contributed by atoms with Crippen LogP contribution in [0.15, 0.2) is 6.07 Å². The van der Waals surface area contributed by atoms with E-state index in [2.05, 4.69) is 0 Å². The molecule has 0 heterocycles. The standard InChI is InChI=1S/C9H12O4/c1-5-4-6(10)7(11)9(13-3)8(5)12-2/h4,10-11H,1-3H3. The lowest BCUT2D eigenvalue weighted by molar-refractivity contribution is 0.319. The summed E-state index contributed by atoms with van der Waals surface area (Å²) in [4.78, 5) is 0. The number of phenolic OH excluding ortho intramolecular Hbond substituents is 2. The maximum atomic E-state index is 9.38.